The SMILES string of the molecule is CCC[C@@H](C)NC(=O)CSc1nnc(-c2ccncc2)n1CC. The molecule has 1 amide bonds. The second-order valence-electron chi connectivity index (χ2n) is 5.33. The predicted molar refractivity (Wildman–Crippen MR) is 92.2 cm³/mol. The summed E-state index contributed by atoms with van der Waals surface area (Å²) in [5, 5.41) is 12.2. The fourth-order valence-corrected chi connectivity index (χ4v) is 3.16. The Morgan fingerprint density at radius 3 is 2.70 bits per heavy atom. The molecule has 0 radical (unpaired) electrons. The van der Waals surface area contributed by atoms with Crippen molar-refractivity contribution in [3.63, 3.8) is 0 Å². The van der Waals surface area contributed by atoms with Gasteiger partial charge in [0.25, 0.3) is 0 Å². The normalized spacial score (nSPS) is 12.1. The van der Waals surface area contributed by atoms with Crippen molar-refractivity contribution < 1.29 is 4.79 Å². The zero-order valence-corrected chi connectivity index (χ0v) is 14.6. The summed E-state index contributed by atoms with van der Waals surface area (Å²) >= 11 is 1.42. The lowest BCUT2D eigenvalue weighted by molar-refractivity contribution is -0.119. The standard InChI is InChI=1S/C16H23N5OS/c1-4-6-12(3)18-14(22)11-23-16-20-19-15(21(16)5-2)13-7-9-17-10-8-13/h7-10,12H,4-6,11H2,1-3H3,(H,18,22)/t12-/m1/s1. The molecule has 0 aliphatic rings. The van der Waals surface area contributed by atoms with Crippen molar-refractivity contribution in [3.05, 3.63) is 24.5 Å². The van der Waals surface area contributed by atoms with Crippen molar-refractivity contribution >= 4 is 17.7 Å². The first-order chi connectivity index (χ1) is 11.2. The van der Waals surface area contributed by atoms with E-state index in [9.17, 15) is 4.79 Å². The first-order valence-corrected chi connectivity index (χ1v) is 8.90. The number of amides is 1. The summed E-state index contributed by atoms with van der Waals surface area (Å²) in [7, 11) is 0. The van der Waals surface area contributed by atoms with Crippen LogP contribution in [0.4, 0.5) is 0 Å². The van der Waals surface area contributed by atoms with E-state index in [1.54, 1.807) is 12.4 Å². The molecular formula is C16H23N5OS. The molecule has 1 N–H and O–H groups in total. The van der Waals surface area contributed by atoms with Crippen LogP contribution in [0.25, 0.3) is 11.4 Å². The van der Waals surface area contributed by atoms with Gasteiger partial charge in [-0.1, -0.05) is 25.1 Å². The van der Waals surface area contributed by atoms with Gasteiger partial charge in [-0.15, -0.1) is 10.2 Å². The van der Waals surface area contributed by atoms with Gasteiger partial charge in [-0.05, 0) is 32.4 Å². The number of nitrogens with zero attached hydrogens (tertiary/aromatic N) is 4. The molecule has 0 saturated heterocycles. The first-order valence-electron chi connectivity index (χ1n) is 7.91. The largest absolute Gasteiger partial charge is 0.353 e. The van der Waals surface area contributed by atoms with E-state index in [-0.39, 0.29) is 11.9 Å². The third kappa shape index (κ3) is 4.79. The van der Waals surface area contributed by atoms with Crippen LogP contribution in [0.2, 0.25) is 0 Å². The summed E-state index contributed by atoms with van der Waals surface area (Å²) in [6, 6.07) is 4.03. The zero-order chi connectivity index (χ0) is 16.7. The number of hydrogen-bond donors (Lipinski definition) is 1. The highest BCUT2D eigenvalue weighted by molar-refractivity contribution is 7.99. The fourth-order valence-electron chi connectivity index (χ4n) is 2.35. The third-order valence-corrected chi connectivity index (χ3v) is 4.40. The minimum absolute atomic E-state index is 0.0343. The summed E-state index contributed by atoms with van der Waals surface area (Å²) in [6.07, 6.45) is 5.53. The molecule has 2 aromatic rings. The van der Waals surface area contributed by atoms with Crippen LogP contribution in [-0.4, -0.2) is 37.5 Å². The summed E-state index contributed by atoms with van der Waals surface area (Å²) in [4.78, 5) is 16.0. The molecule has 2 rings (SSSR count). The van der Waals surface area contributed by atoms with Gasteiger partial charge in [0.2, 0.25) is 5.91 Å². The molecule has 2 aromatic heterocycles. The number of pyridine rings is 1. The minimum atomic E-state index is 0.0343. The lowest BCUT2D eigenvalue weighted by atomic mass is 10.2. The zero-order valence-electron chi connectivity index (χ0n) is 13.8. The van der Waals surface area contributed by atoms with E-state index in [0.717, 1.165) is 35.9 Å². The van der Waals surface area contributed by atoms with E-state index in [0.29, 0.717) is 5.75 Å². The van der Waals surface area contributed by atoms with Gasteiger partial charge < -0.3 is 9.88 Å². The molecule has 7 heteroatoms. The lowest BCUT2D eigenvalue weighted by Gasteiger charge is -2.12. The second-order valence-corrected chi connectivity index (χ2v) is 6.27. The minimum Gasteiger partial charge on any atom is -0.353 e. The van der Waals surface area contributed by atoms with Gasteiger partial charge in [0.05, 0.1) is 5.75 Å². The van der Waals surface area contributed by atoms with Crippen molar-refractivity contribution in [2.24, 2.45) is 0 Å². The van der Waals surface area contributed by atoms with Crippen molar-refractivity contribution in [1.82, 2.24) is 25.1 Å². The quantitative estimate of drug-likeness (QED) is 0.752. The highest BCUT2D eigenvalue weighted by Crippen LogP contribution is 2.23. The third-order valence-electron chi connectivity index (χ3n) is 3.43. The van der Waals surface area contributed by atoms with Crippen LogP contribution in [0.1, 0.15) is 33.6 Å². The molecule has 0 bridgehead atoms. The van der Waals surface area contributed by atoms with E-state index >= 15 is 0 Å². The average molecular weight is 333 g/mol. The van der Waals surface area contributed by atoms with Crippen LogP contribution in [0.5, 0.6) is 0 Å². The number of carbonyl (C=O) groups excluding carboxylic acids is 1. The van der Waals surface area contributed by atoms with Crippen molar-refractivity contribution in [2.75, 3.05) is 5.75 Å². The second kappa shape index (κ2) is 8.67. The van der Waals surface area contributed by atoms with Crippen molar-refractivity contribution in [3.8, 4) is 11.4 Å². The maximum Gasteiger partial charge on any atom is 0.230 e. The van der Waals surface area contributed by atoms with Gasteiger partial charge in [0.1, 0.15) is 0 Å². The van der Waals surface area contributed by atoms with E-state index in [2.05, 4.69) is 27.4 Å². The molecule has 0 unspecified atom stereocenters. The number of nitrogens with one attached hydrogen (secondary N) is 1. The molecule has 1 atom stereocenters. The average Bonchev–Trinajstić information content (AvgIpc) is 2.96. The molecule has 0 aromatic carbocycles. The maximum atomic E-state index is 12.0. The number of hydrogen-bond acceptors (Lipinski definition) is 5. The number of rotatable bonds is 8. The van der Waals surface area contributed by atoms with Gasteiger partial charge >= 0.3 is 0 Å². The Morgan fingerprint density at radius 2 is 2.04 bits per heavy atom. The molecule has 0 aliphatic heterocycles. The molecule has 2 heterocycles. The van der Waals surface area contributed by atoms with Gasteiger partial charge in [-0.2, -0.15) is 0 Å². The van der Waals surface area contributed by atoms with Crippen molar-refractivity contribution in [1.29, 1.82) is 0 Å². The van der Waals surface area contributed by atoms with Crippen LogP contribution in [0.3, 0.4) is 0 Å². The molecule has 6 nitrogen and oxygen atoms in total. The van der Waals surface area contributed by atoms with Crippen LogP contribution in [-0.2, 0) is 11.3 Å². The highest BCUT2D eigenvalue weighted by atomic mass is 32.2. The van der Waals surface area contributed by atoms with Gasteiger partial charge in [0.15, 0.2) is 11.0 Å². The molecule has 0 saturated carbocycles. The topological polar surface area (TPSA) is 72.7 Å². The monoisotopic (exact) mass is 333 g/mol. The smallest absolute Gasteiger partial charge is 0.230 e. The van der Waals surface area contributed by atoms with E-state index < -0.39 is 0 Å². The Kier molecular flexibility index (Phi) is 6.58. The van der Waals surface area contributed by atoms with Gasteiger partial charge in [0, 0.05) is 30.5 Å². The maximum absolute atomic E-state index is 12.0. The summed E-state index contributed by atoms with van der Waals surface area (Å²) < 4.78 is 2.02. The van der Waals surface area contributed by atoms with Crippen molar-refractivity contribution in [2.45, 2.75) is 51.4 Å². The molecule has 0 spiro atoms. The van der Waals surface area contributed by atoms with Crippen LogP contribution >= 0.6 is 11.8 Å². The predicted octanol–water partition coefficient (Wildman–Crippen LogP) is 2.76. The van der Waals surface area contributed by atoms with Crippen LogP contribution in [0.15, 0.2) is 29.7 Å². The van der Waals surface area contributed by atoms with E-state index in [4.69, 9.17) is 0 Å². The number of carbonyl (C=O) groups is 1. The molecular weight excluding hydrogens is 310 g/mol. The number of aromatic nitrogens is 4. The van der Waals surface area contributed by atoms with Gasteiger partial charge in [-0.25, -0.2) is 0 Å². The number of thioether (sulfide) groups is 1. The first kappa shape index (κ1) is 17.5. The molecule has 0 aliphatic carbocycles. The Balaban J connectivity index is 2.01. The Labute approximate surface area is 141 Å². The van der Waals surface area contributed by atoms with E-state index in [1.165, 1.54) is 11.8 Å². The Hall–Kier alpha value is -1.89. The Morgan fingerprint density at radius 1 is 1.30 bits per heavy atom. The molecule has 124 valence electrons. The summed E-state index contributed by atoms with van der Waals surface area (Å²) in [6.45, 7) is 6.94. The lowest BCUT2D eigenvalue weighted by Crippen LogP contribution is -2.33. The van der Waals surface area contributed by atoms with Gasteiger partial charge in [-0.3, -0.25) is 9.78 Å². The summed E-state index contributed by atoms with van der Waals surface area (Å²) in [5.74, 6) is 1.19. The molecule has 0 fully saturated rings. The fraction of sp³-hybridized carbons (Fsp3) is 0.500. The highest BCUT2D eigenvalue weighted by Gasteiger charge is 2.15. The van der Waals surface area contributed by atoms with Crippen LogP contribution < -0.4 is 5.32 Å². The molecule has 23 heavy (non-hydrogen) atoms. The van der Waals surface area contributed by atoms with Crippen LogP contribution in [0, 0.1) is 0 Å². The Bertz CT molecular complexity index is 629. The van der Waals surface area contributed by atoms with E-state index in [1.807, 2.05) is 30.5 Å². The summed E-state index contributed by atoms with van der Waals surface area (Å²) in [5.41, 5.74) is 0.974.